The summed E-state index contributed by atoms with van der Waals surface area (Å²) >= 11 is 0. The van der Waals surface area contributed by atoms with Crippen molar-refractivity contribution >= 4 is 5.91 Å². The van der Waals surface area contributed by atoms with Crippen LogP contribution in [0.1, 0.15) is 181 Å². The molecule has 1 heterocycles. The first-order valence-electron chi connectivity index (χ1n) is 26.9. The Kier molecular flexibility index (Phi) is 44.0. The second-order valence-corrected chi connectivity index (χ2v) is 17.9. The molecule has 1 aliphatic rings. The number of rotatable bonds is 43. The molecule has 0 radical (unpaired) electrons. The van der Waals surface area contributed by atoms with Crippen LogP contribution in [-0.2, 0) is 14.3 Å². The van der Waals surface area contributed by atoms with Crippen LogP contribution in [0.15, 0.2) is 134 Å². The first-order valence-corrected chi connectivity index (χ1v) is 26.9. The standard InChI is InChI=1S/C60H97NO8/c1-3-5-7-9-11-12-13-14-15-16-17-18-19-20-21-22-23-24-25-26-27-28-29-30-31-32-33-34-35-36-37-38-39-40-41-42-44-46-48-50-56(64)61-53(54(63)49-47-45-43-10-8-6-4-2)52-68-60-59(67)58(66)57(65)55(51-62)69-60/h5,7-8,10-12,14-15,17-18,20-21,23-24,26-27,29-30,32-33,47,49,53-55,57-60,62-63,65-67H,3-4,6,9,13,16,19,22,25,28,31,34-46,48,50-52H2,1-2H3,(H,61,64)/b7-5-,10-8+,12-11-,15-14-,18-17-,21-20-,24-23-,27-26-,30-29-,33-32-,49-47+. The minimum absolute atomic E-state index is 0.202. The molecule has 7 atom stereocenters. The van der Waals surface area contributed by atoms with E-state index < -0.39 is 49.5 Å². The van der Waals surface area contributed by atoms with Crippen LogP contribution in [0.25, 0.3) is 0 Å². The smallest absolute Gasteiger partial charge is 0.220 e. The van der Waals surface area contributed by atoms with Crippen molar-refractivity contribution in [1.82, 2.24) is 5.32 Å². The number of unbranched alkanes of at least 4 members (excludes halogenated alkanes) is 13. The van der Waals surface area contributed by atoms with Gasteiger partial charge in [-0.2, -0.15) is 0 Å². The molecule has 0 aromatic carbocycles. The van der Waals surface area contributed by atoms with Gasteiger partial charge in [-0.15, -0.1) is 0 Å². The Morgan fingerprint density at radius 3 is 1.38 bits per heavy atom. The van der Waals surface area contributed by atoms with E-state index in [-0.39, 0.29) is 12.5 Å². The molecule has 1 saturated heterocycles. The fourth-order valence-electron chi connectivity index (χ4n) is 7.46. The molecule has 0 aliphatic carbocycles. The van der Waals surface area contributed by atoms with Crippen molar-refractivity contribution in [3.63, 3.8) is 0 Å². The number of hydrogen-bond acceptors (Lipinski definition) is 8. The Hall–Kier alpha value is -3.67. The Morgan fingerprint density at radius 2 is 0.913 bits per heavy atom. The molecule has 0 saturated carbocycles. The summed E-state index contributed by atoms with van der Waals surface area (Å²) in [6, 6.07) is -0.828. The molecule has 0 aromatic heterocycles. The highest BCUT2D eigenvalue weighted by Crippen LogP contribution is 2.22. The predicted molar refractivity (Wildman–Crippen MR) is 290 cm³/mol. The van der Waals surface area contributed by atoms with Crippen molar-refractivity contribution in [1.29, 1.82) is 0 Å². The molecule has 1 fully saturated rings. The Balaban J connectivity index is 2.09. The van der Waals surface area contributed by atoms with Crippen molar-refractivity contribution in [3.8, 4) is 0 Å². The number of carbonyl (C=O) groups is 1. The summed E-state index contributed by atoms with van der Waals surface area (Å²) in [5.41, 5.74) is 0. The molecule has 69 heavy (non-hydrogen) atoms. The fraction of sp³-hybridized carbons (Fsp3) is 0.617. The predicted octanol–water partition coefficient (Wildman–Crippen LogP) is 12.9. The van der Waals surface area contributed by atoms with Crippen molar-refractivity contribution < 1.29 is 39.8 Å². The van der Waals surface area contributed by atoms with Gasteiger partial charge in [0.15, 0.2) is 6.29 Å². The topological polar surface area (TPSA) is 149 Å². The highest BCUT2D eigenvalue weighted by Gasteiger charge is 2.44. The van der Waals surface area contributed by atoms with Crippen molar-refractivity contribution in [2.24, 2.45) is 0 Å². The molecule has 9 nitrogen and oxygen atoms in total. The number of allylic oxidation sites excluding steroid dienone is 21. The van der Waals surface area contributed by atoms with Gasteiger partial charge in [0.1, 0.15) is 24.4 Å². The van der Waals surface area contributed by atoms with Gasteiger partial charge in [-0.25, -0.2) is 0 Å². The number of amides is 1. The van der Waals surface area contributed by atoms with Gasteiger partial charge >= 0.3 is 0 Å². The van der Waals surface area contributed by atoms with E-state index in [9.17, 15) is 30.3 Å². The summed E-state index contributed by atoms with van der Waals surface area (Å²) in [5.74, 6) is -0.202. The Morgan fingerprint density at radius 1 is 0.507 bits per heavy atom. The number of aliphatic hydroxyl groups excluding tert-OH is 5. The molecular weight excluding hydrogens is 863 g/mol. The molecule has 1 amide bonds. The van der Waals surface area contributed by atoms with Crippen molar-refractivity contribution in [2.45, 2.75) is 224 Å². The largest absolute Gasteiger partial charge is 0.394 e. The third kappa shape index (κ3) is 37.8. The average molecular weight is 960 g/mol. The van der Waals surface area contributed by atoms with E-state index in [1.807, 2.05) is 6.08 Å². The zero-order chi connectivity index (χ0) is 50.1. The summed E-state index contributed by atoms with van der Waals surface area (Å²) in [7, 11) is 0. The number of nitrogens with one attached hydrogen (secondary N) is 1. The van der Waals surface area contributed by atoms with Crippen molar-refractivity contribution in [3.05, 3.63) is 134 Å². The molecule has 6 N–H and O–H groups in total. The third-order valence-corrected chi connectivity index (χ3v) is 11.7. The zero-order valence-electron chi connectivity index (χ0n) is 43.0. The van der Waals surface area contributed by atoms with E-state index in [0.29, 0.717) is 6.42 Å². The van der Waals surface area contributed by atoms with Crippen LogP contribution in [-0.4, -0.2) is 87.5 Å². The molecule has 0 spiro atoms. The first-order chi connectivity index (χ1) is 33.8. The fourth-order valence-corrected chi connectivity index (χ4v) is 7.46. The monoisotopic (exact) mass is 960 g/mol. The maximum Gasteiger partial charge on any atom is 0.220 e. The van der Waals surface area contributed by atoms with E-state index >= 15 is 0 Å². The van der Waals surface area contributed by atoms with Crippen LogP contribution in [0, 0.1) is 0 Å². The maximum atomic E-state index is 12.9. The number of carbonyl (C=O) groups excluding carboxylic acids is 1. The van der Waals surface area contributed by atoms with E-state index in [1.54, 1.807) is 6.08 Å². The molecule has 1 rings (SSSR count). The number of ether oxygens (including phenoxy) is 2. The lowest BCUT2D eigenvalue weighted by Gasteiger charge is -2.40. The van der Waals surface area contributed by atoms with Gasteiger partial charge in [-0.1, -0.05) is 212 Å². The van der Waals surface area contributed by atoms with Crippen LogP contribution in [0.4, 0.5) is 0 Å². The van der Waals surface area contributed by atoms with Crippen LogP contribution >= 0.6 is 0 Å². The van der Waals surface area contributed by atoms with Crippen LogP contribution in [0.5, 0.6) is 0 Å². The first kappa shape index (κ1) is 63.3. The van der Waals surface area contributed by atoms with Gasteiger partial charge in [0.05, 0.1) is 25.4 Å². The zero-order valence-corrected chi connectivity index (χ0v) is 43.0. The third-order valence-electron chi connectivity index (χ3n) is 11.7. The summed E-state index contributed by atoms with van der Waals surface area (Å²) < 4.78 is 11.1. The lowest BCUT2D eigenvalue weighted by molar-refractivity contribution is -0.302. The molecule has 0 aromatic rings. The lowest BCUT2D eigenvalue weighted by Crippen LogP contribution is -2.60. The molecule has 390 valence electrons. The lowest BCUT2D eigenvalue weighted by atomic mass is 9.99. The van der Waals surface area contributed by atoms with E-state index in [2.05, 4.69) is 141 Å². The average Bonchev–Trinajstić information content (AvgIpc) is 3.35. The van der Waals surface area contributed by atoms with Crippen LogP contribution in [0.3, 0.4) is 0 Å². The summed E-state index contributed by atoms with van der Waals surface area (Å²) in [6.07, 6.45) is 67.0. The van der Waals surface area contributed by atoms with Gasteiger partial charge in [-0.05, 0) is 96.3 Å². The second-order valence-electron chi connectivity index (χ2n) is 17.9. The van der Waals surface area contributed by atoms with Gasteiger partial charge in [0.25, 0.3) is 0 Å². The minimum Gasteiger partial charge on any atom is -0.394 e. The molecule has 9 heteroatoms. The van der Waals surface area contributed by atoms with E-state index in [4.69, 9.17) is 9.47 Å². The molecule has 1 aliphatic heterocycles. The van der Waals surface area contributed by atoms with Gasteiger partial charge in [0.2, 0.25) is 5.91 Å². The number of aliphatic hydroxyl groups is 5. The molecule has 0 bridgehead atoms. The van der Waals surface area contributed by atoms with Crippen molar-refractivity contribution in [2.75, 3.05) is 13.2 Å². The SMILES string of the molecule is CC/C=C\C/C=C\C/C=C\C/C=C\C/C=C\C/C=C\C/C=C\C/C=C\C/C=C\CCCCCCCCCCCCCC(=O)NC(COC1OC(CO)C(O)C(O)C1O)C(O)/C=C/CC/C=C/CCC. The van der Waals surface area contributed by atoms with Crippen LogP contribution < -0.4 is 5.32 Å². The summed E-state index contributed by atoms with van der Waals surface area (Å²) in [6.45, 7) is 3.50. The highest BCUT2D eigenvalue weighted by atomic mass is 16.7. The van der Waals surface area contributed by atoms with Gasteiger partial charge in [-0.3, -0.25) is 4.79 Å². The van der Waals surface area contributed by atoms with Gasteiger partial charge < -0.3 is 40.3 Å². The Labute approximate surface area is 420 Å². The normalized spacial score (nSPS) is 20.6. The summed E-state index contributed by atoms with van der Waals surface area (Å²) in [4.78, 5) is 12.9. The quantitative estimate of drug-likeness (QED) is 0.0261. The minimum atomic E-state index is -1.58. The molecule has 7 unspecified atom stereocenters. The molecular formula is C60H97NO8. The number of hydrogen-bond donors (Lipinski definition) is 6. The Bertz CT molecular complexity index is 1530. The van der Waals surface area contributed by atoms with E-state index in [0.717, 1.165) is 116 Å². The summed E-state index contributed by atoms with van der Waals surface area (Å²) in [5, 5.41) is 53.9. The van der Waals surface area contributed by atoms with Crippen LogP contribution in [0.2, 0.25) is 0 Å². The second kappa shape index (κ2) is 48.0. The highest BCUT2D eigenvalue weighted by molar-refractivity contribution is 5.76. The van der Waals surface area contributed by atoms with Gasteiger partial charge in [0, 0.05) is 6.42 Å². The maximum absolute atomic E-state index is 12.9. The van der Waals surface area contributed by atoms with E-state index in [1.165, 1.54) is 44.9 Å².